The highest BCUT2D eigenvalue weighted by Gasteiger charge is 2.32. The Labute approximate surface area is 136 Å². The molecule has 0 saturated carbocycles. The maximum Gasteiger partial charge on any atom is 0.410 e. The Hall–Kier alpha value is -0.810. The number of unbranched alkanes of at least 4 members (excludes halogenated alkanes) is 3. The summed E-state index contributed by atoms with van der Waals surface area (Å²) in [5.41, 5.74) is 0. The predicted octanol–water partition coefficient (Wildman–Crippen LogP) is 2.71. The van der Waals surface area contributed by atoms with E-state index in [-0.39, 0.29) is 18.2 Å². The van der Waals surface area contributed by atoms with Crippen LogP contribution in [0, 0.1) is 0 Å². The first kappa shape index (κ1) is 19.2. The molecule has 5 nitrogen and oxygen atoms in total. The molecule has 2 atom stereocenters. The number of rotatable bonds is 8. The molecular weight excluding hydrogens is 278 g/mol. The molecule has 2 unspecified atom stereocenters. The monoisotopic (exact) mass is 313 g/mol. The van der Waals surface area contributed by atoms with E-state index in [0.29, 0.717) is 6.04 Å². The lowest BCUT2D eigenvalue weighted by Gasteiger charge is -2.43. The van der Waals surface area contributed by atoms with Crippen LogP contribution in [0.1, 0.15) is 53.4 Å². The van der Waals surface area contributed by atoms with Gasteiger partial charge in [-0.3, -0.25) is 4.90 Å². The highest BCUT2D eigenvalue weighted by Crippen LogP contribution is 2.17. The van der Waals surface area contributed by atoms with Crippen LogP contribution >= 0.6 is 0 Å². The summed E-state index contributed by atoms with van der Waals surface area (Å²) < 4.78 is 5.34. The minimum Gasteiger partial charge on any atom is -0.447 e. The van der Waals surface area contributed by atoms with Gasteiger partial charge in [0.25, 0.3) is 0 Å². The van der Waals surface area contributed by atoms with Crippen molar-refractivity contribution in [3.8, 4) is 0 Å². The number of hydrogen-bond donors (Lipinski definition) is 1. The molecular formula is C17H35N3O2. The molecule has 1 heterocycles. The van der Waals surface area contributed by atoms with E-state index < -0.39 is 0 Å². The van der Waals surface area contributed by atoms with Gasteiger partial charge in [-0.2, -0.15) is 0 Å². The molecule has 0 aromatic carbocycles. The number of nitrogens with zero attached hydrogens (tertiary/aromatic N) is 2. The van der Waals surface area contributed by atoms with Crippen LogP contribution in [0.3, 0.4) is 0 Å². The molecule has 0 spiro atoms. The Bertz CT molecular complexity index is 323. The zero-order chi connectivity index (χ0) is 16.5. The minimum atomic E-state index is -0.166. The first-order valence-corrected chi connectivity index (χ1v) is 8.81. The van der Waals surface area contributed by atoms with E-state index in [9.17, 15) is 4.79 Å². The molecule has 5 heteroatoms. The maximum absolute atomic E-state index is 12.1. The molecule has 1 aliphatic heterocycles. The Morgan fingerprint density at radius 2 is 1.82 bits per heavy atom. The molecule has 1 rings (SSSR count). The molecule has 1 saturated heterocycles. The van der Waals surface area contributed by atoms with Crippen molar-refractivity contribution in [2.75, 3.05) is 33.2 Å². The lowest BCUT2D eigenvalue weighted by molar-refractivity contribution is 0.0169. The Kier molecular flexibility index (Phi) is 8.79. The number of carbonyl (C=O) groups is 1. The highest BCUT2D eigenvalue weighted by atomic mass is 16.6. The van der Waals surface area contributed by atoms with E-state index in [1.807, 2.05) is 25.8 Å². The molecule has 1 amide bonds. The molecule has 0 aromatic rings. The summed E-state index contributed by atoms with van der Waals surface area (Å²) in [6.07, 6.45) is 4.88. The molecule has 0 aromatic heterocycles. The van der Waals surface area contributed by atoms with Crippen molar-refractivity contribution < 1.29 is 9.53 Å². The predicted molar refractivity (Wildman–Crippen MR) is 91.2 cm³/mol. The molecule has 130 valence electrons. The van der Waals surface area contributed by atoms with E-state index in [1.54, 1.807) is 0 Å². The Morgan fingerprint density at radius 3 is 2.45 bits per heavy atom. The highest BCUT2D eigenvalue weighted by molar-refractivity contribution is 5.68. The van der Waals surface area contributed by atoms with Crippen molar-refractivity contribution in [1.82, 2.24) is 15.1 Å². The largest absolute Gasteiger partial charge is 0.447 e. The molecule has 1 fully saturated rings. The fourth-order valence-corrected chi connectivity index (χ4v) is 3.00. The first-order valence-electron chi connectivity index (χ1n) is 8.81. The van der Waals surface area contributed by atoms with E-state index in [2.05, 4.69) is 24.1 Å². The van der Waals surface area contributed by atoms with Crippen LogP contribution < -0.4 is 5.32 Å². The van der Waals surface area contributed by atoms with Gasteiger partial charge >= 0.3 is 6.09 Å². The van der Waals surface area contributed by atoms with Crippen LogP contribution in [-0.4, -0.2) is 67.3 Å². The fraction of sp³-hybridized carbons (Fsp3) is 0.941. The maximum atomic E-state index is 12.1. The van der Waals surface area contributed by atoms with Crippen molar-refractivity contribution in [2.45, 2.75) is 71.6 Å². The summed E-state index contributed by atoms with van der Waals surface area (Å²) in [7, 11) is 2.01. The molecule has 1 N–H and O–H groups in total. The van der Waals surface area contributed by atoms with Gasteiger partial charge in [0.05, 0.1) is 6.10 Å². The Balaban J connectivity index is 2.31. The average Bonchev–Trinajstić information content (AvgIpc) is 2.44. The average molecular weight is 313 g/mol. The van der Waals surface area contributed by atoms with Gasteiger partial charge in [0.15, 0.2) is 0 Å². The number of hydrogen-bond acceptors (Lipinski definition) is 4. The van der Waals surface area contributed by atoms with Gasteiger partial charge in [0.1, 0.15) is 0 Å². The first-order chi connectivity index (χ1) is 10.5. The van der Waals surface area contributed by atoms with Crippen LogP contribution in [0.15, 0.2) is 0 Å². The summed E-state index contributed by atoms with van der Waals surface area (Å²) in [6, 6.07) is 0.639. The smallest absolute Gasteiger partial charge is 0.410 e. The van der Waals surface area contributed by atoms with Crippen LogP contribution in [0.5, 0.6) is 0 Å². The van der Waals surface area contributed by atoms with Gasteiger partial charge in [-0.25, -0.2) is 4.79 Å². The zero-order valence-electron chi connectivity index (χ0n) is 15.1. The van der Waals surface area contributed by atoms with Crippen molar-refractivity contribution in [3.05, 3.63) is 0 Å². The number of piperazine rings is 1. The number of ether oxygens (including phenoxy) is 1. The van der Waals surface area contributed by atoms with Crippen LogP contribution in [-0.2, 0) is 4.74 Å². The lowest BCUT2D eigenvalue weighted by atomic mass is 10.1. The number of amides is 1. The quantitative estimate of drug-likeness (QED) is 0.700. The van der Waals surface area contributed by atoms with Crippen LogP contribution in [0.25, 0.3) is 0 Å². The number of nitrogens with one attached hydrogen (secondary N) is 1. The SMILES string of the molecule is CNCCCCCCN1CC(C)N(C(=O)OC(C)C)CC1C. The second-order valence-corrected chi connectivity index (χ2v) is 6.80. The van der Waals surface area contributed by atoms with Gasteiger partial charge in [-0.05, 0) is 60.7 Å². The third kappa shape index (κ3) is 6.53. The third-order valence-corrected chi connectivity index (χ3v) is 4.31. The van der Waals surface area contributed by atoms with E-state index >= 15 is 0 Å². The molecule has 0 bridgehead atoms. The van der Waals surface area contributed by atoms with Gasteiger partial charge < -0.3 is 15.0 Å². The Morgan fingerprint density at radius 1 is 1.14 bits per heavy atom. The van der Waals surface area contributed by atoms with Gasteiger partial charge in [-0.15, -0.1) is 0 Å². The zero-order valence-corrected chi connectivity index (χ0v) is 15.1. The summed E-state index contributed by atoms with van der Waals surface area (Å²) >= 11 is 0. The van der Waals surface area contributed by atoms with Crippen LogP contribution in [0.4, 0.5) is 4.79 Å². The second kappa shape index (κ2) is 10.1. The summed E-state index contributed by atoms with van der Waals surface area (Å²) in [4.78, 5) is 16.5. The number of carbonyl (C=O) groups excluding carboxylic acids is 1. The fourth-order valence-electron chi connectivity index (χ4n) is 3.00. The van der Waals surface area contributed by atoms with E-state index in [4.69, 9.17) is 4.74 Å². The molecule has 22 heavy (non-hydrogen) atoms. The minimum absolute atomic E-state index is 0.0503. The summed E-state index contributed by atoms with van der Waals surface area (Å²) in [5.74, 6) is 0. The van der Waals surface area contributed by atoms with Crippen molar-refractivity contribution in [1.29, 1.82) is 0 Å². The van der Waals surface area contributed by atoms with Gasteiger partial charge in [0.2, 0.25) is 0 Å². The normalized spacial score (nSPS) is 23.1. The standard InChI is InChI=1S/C17H35N3O2/c1-14(2)22-17(21)20-13-15(3)19(12-16(20)4)11-9-7-6-8-10-18-5/h14-16,18H,6-13H2,1-5H3. The summed E-state index contributed by atoms with van der Waals surface area (Å²) in [5, 5.41) is 3.19. The van der Waals surface area contributed by atoms with E-state index in [0.717, 1.165) is 26.2 Å². The van der Waals surface area contributed by atoms with Crippen molar-refractivity contribution >= 4 is 6.09 Å². The molecule has 0 radical (unpaired) electrons. The summed E-state index contributed by atoms with van der Waals surface area (Å²) in [6.45, 7) is 12.1. The topological polar surface area (TPSA) is 44.8 Å². The third-order valence-electron chi connectivity index (χ3n) is 4.31. The molecule has 1 aliphatic rings. The van der Waals surface area contributed by atoms with E-state index in [1.165, 1.54) is 25.7 Å². The van der Waals surface area contributed by atoms with Crippen molar-refractivity contribution in [2.24, 2.45) is 0 Å². The molecule has 0 aliphatic carbocycles. The second-order valence-electron chi connectivity index (χ2n) is 6.80. The van der Waals surface area contributed by atoms with Gasteiger partial charge in [-0.1, -0.05) is 12.8 Å². The lowest BCUT2D eigenvalue weighted by Crippen LogP contribution is -2.58. The van der Waals surface area contributed by atoms with Gasteiger partial charge in [0, 0.05) is 25.2 Å². The van der Waals surface area contributed by atoms with Crippen molar-refractivity contribution in [3.63, 3.8) is 0 Å². The van der Waals surface area contributed by atoms with Crippen LogP contribution in [0.2, 0.25) is 0 Å².